The molecular formula is C18H17FN4O3. The number of halogens is 1. The number of hydrogen-bond donors (Lipinski definition) is 3. The number of benzene rings is 1. The highest BCUT2D eigenvalue weighted by atomic mass is 19.1. The quantitative estimate of drug-likeness (QED) is 0.662. The lowest BCUT2D eigenvalue weighted by molar-refractivity contribution is -0.119. The Morgan fingerprint density at radius 2 is 2.19 bits per heavy atom. The van der Waals surface area contributed by atoms with Crippen LogP contribution in [0.15, 0.2) is 42.7 Å². The Balaban J connectivity index is 1.62. The fraction of sp³-hybridized carbons (Fsp3) is 0.222. The highest BCUT2D eigenvalue weighted by Gasteiger charge is 2.35. The Labute approximate surface area is 148 Å². The van der Waals surface area contributed by atoms with Crippen LogP contribution in [0.3, 0.4) is 0 Å². The SMILES string of the molecule is NC(=O)[C@@H]1C[C@@H](O)CN1c1ccc(Oc2ccnc3[nH]ccc23)c(F)c1. The predicted octanol–water partition coefficient (Wildman–Crippen LogP) is 1.92. The van der Waals surface area contributed by atoms with E-state index in [0.717, 1.165) is 5.39 Å². The zero-order chi connectivity index (χ0) is 18.3. The summed E-state index contributed by atoms with van der Waals surface area (Å²) in [5, 5.41) is 10.5. The van der Waals surface area contributed by atoms with Crippen LogP contribution in [0.25, 0.3) is 11.0 Å². The third-order valence-electron chi connectivity index (χ3n) is 4.49. The Morgan fingerprint density at radius 1 is 1.35 bits per heavy atom. The van der Waals surface area contributed by atoms with Crippen molar-refractivity contribution in [1.29, 1.82) is 0 Å². The van der Waals surface area contributed by atoms with Crippen LogP contribution in [0.2, 0.25) is 0 Å². The lowest BCUT2D eigenvalue weighted by Gasteiger charge is -2.24. The number of nitrogens with one attached hydrogen (secondary N) is 1. The lowest BCUT2D eigenvalue weighted by atomic mass is 10.2. The van der Waals surface area contributed by atoms with E-state index in [4.69, 9.17) is 10.5 Å². The van der Waals surface area contributed by atoms with Crippen molar-refractivity contribution in [2.24, 2.45) is 5.73 Å². The standard InChI is InChI=1S/C18H17FN4O3/c19-13-7-10(23-9-11(24)8-14(23)17(20)25)1-2-16(13)26-15-4-6-22-18-12(15)3-5-21-18/h1-7,11,14,24H,8-9H2,(H2,20,25)(H,21,22)/t11-,14+/m1/s1. The van der Waals surface area contributed by atoms with Crippen LogP contribution in [-0.2, 0) is 4.79 Å². The fourth-order valence-electron chi connectivity index (χ4n) is 3.26. The van der Waals surface area contributed by atoms with E-state index in [2.05, 4.69) is 9.97 Å². The van der Waals surface area contributed by atoms with Crippen LogP contribution >= 0.6 is 0 Å². The van der Waals surface area contributed by atoms with E-state index in [1.54, 1.807) is 35.5 Å². The largest absolute Gasteiger partial charge is 0.453 e. The van der Waals surface area contributed by atoms with Crippen LogP contribution in [0.5, 0.6) is 11.5 Å². The number of carbonyl (C=O) groups is 1. The molecule has 3 heterocycles. The number of fused-ring (bicyclic) bond motifs is 1. The summed E-state index contributed by atoms with van der Waals surface area (Å²) in [6, 6.07) is 7.21. The third-order valence-corrected chi connectivity index (χ3v) is 4.49. The van der Waals surface area contributed by atoms with Crippen molar-refractivity contribution in [2.75, 3.05) is 11.4 Å². The van der Waals surface area contributed by atoms with Gasteiger partial charge in [0.05, 0.1) is 11.5 Å². The van der Waals surface area contributed by atoms with Crippen LogP contribution < -0.4 is 15.4 Å². The molecule has 4 N–H and O–H groups in total. The first-order valence-electron chi connectivity index (χ1n) is 8.16. The van der Waals surface area contributed by atoms with Gasteiger partial charge in [-0.1, -0.05) is 0 Å². The third kappa shape index (κ3) is 2.84. The molecule has 4 rings (SSSR count). The molecular weight excluding hydrogens is 339 g/mol. The maximum atomic E-state index is 14.6. The number of amides is 1. The monoisotopic (exact) mass is 356 g/mol. The fourth-order valence-corrected chi connectivity index (χ4v) is 3.26. The Morgan fingerprint density at radius 3 is 2.96 bits per heavy atom. The minimum absolute atomic E-state index is 0.0535. The van der Waals surface area contributed by atoms with E-state index >= 15 is 0 Å². The summed E-state index contributed by atoms with van der Waals surface area (Å²) in [4.78, 5) is 20.3. The minimum Gasteiger partial charge on any atom is -0.453 e. The van der Waals surface area contributed by atoms with Crippen LogP contribution in [0, 0.1) is 5.82 Å². The number of aliphatic hydroxyl groups excluding tert-OH is 1. The molecule has 0 bridgehead atoms. The molecule has 8 heteroatoms. The summed E-state index contributed by atoms with van der Waals surface area (Å²) in [5.74, 6) is -0.589. The van der Waals surface area contributed by atoms with Crippen molar-refractivity contribution in [3.8, 4) is 11.5 Å². The van der Waals surface area contributed by atoms with Gasteiger partial charge in [-0.25, -0.2) is 9.37 Å². The number of H-pyrrole nitrogens is 1. The van der Waals surface area contributed by atoms with Crippen molar-refractivity contribution in [3.63, 3.8) is 0 Å². The highest BCUT2D eigenvalue weighted by molar-refractivity contribution is 5.85. The molecule has 1 aromatic carbocycles. The number of ether oxygens (including phenoxy) is 1. The summed E-state index contributed by atoms with van der Waals surface area (Å²) in [6.45, 7) is 0.224. The molecule has 134 valence electrons. The number of nitrogens with zero attached hydrogens (tertiary/aromatic N) is 2. The highest BCUT2D eigenvalue weighted by Crippen LogP contribution is 2.33. The number of hydrogen-bond acceptors (Lipinski definition) is 5. The Bertz CT molecular complexity index is 974. The van der Waals surface area contributed by atoms with Crippen molar-refractivity contribution in [2.45, 2.75) is 18.6 Å². The molecule has 0 saturated carbocycles. The van der Waals surface area contributed by atoms with E-state index < -0.39 is 23.9 Å². The molecule has 1 fully saturated rings. The molecule has 1 amide bonds. The Kier molecular flexibility index (Phi) is 3.96. The first kappa shape index (κ1) is 16.3. The number of pyridine rings is 1. The number of aromatic amines is 1. The summed E-state index contributed by atoms with van der Waals surface area (Å²) < 4.78 is 20.3. The second-order valence-electron chi connectivity index (χ2n) is 6.23. The molecule has 26 heavy (non-hydrogen) atoms. The predicted molar refractivity (Wildman–Crippen MR) is 93.5 cm³/mol. The number of carbonyl (C=O) groups excluding carboxylic acids is 1. The second kappa shape index (κ2) is 6.30. The van der Waals surface area contributed by atoms with Gasteiger partial charge in [0.1, 0.15) is 17.4 Å². The number of aromatic nitrogens is 2. The topological polar surface area (TPSA) is 104 Å². The minimum atomic E-state index is -0.676. The number of aliphatic hydroxyl groups is 1. The number of β-amino-alcohol motifs (C(OH)–C–C–N with tert-alkyl or cyclic N) is 1. The van der Waals surface area contributed by atoms with E-state index in [9.17, 15) is 14.3 Å². The van der Waals surface area contributed by atoms with Crippen LogP contribution in [-0.4, -0.2) is 39.7 Å². The van der Waals surface area contributed by atoms with Crippen molar-refractivity contribution in [1.82, 2.24) is 9.97 Å². The van der Waals surface area contributed by atoms with Crippen molar-refractivity contribution < 1.29 is 19.0 Å². The van der Waals surface area contributed by atoms with E-state index in [1.165, 1.54) is 12.1 Å². The van der Waals surface area contributed by atoms with Gasteiger partial charge in [0, 0.05) is 37.1 Å². The molecule has 0 spiro atoms. The van der Waals surface area contributed by atoms with E-state index in [-0.39, 0.29) is 18.7 Å². The molecule has 1 saturated heterocycles. The molecule has 3 aromatic rings. The van der Waals surface area contributed by atoms with Crippen LogP contribution in [0.4, 0.5) is 10.1 Å². The van der Waals surface area contributed by atoms with E-state index in [0.29, 0.717) is 17.1 Å². The molecule has 7 nitrogen and oxygen atoms in total. The summed E-state index contributed by atoms with van der Waals surface area (Å²) >= 11 is 0. The zero-order valence-electron chi connectivity index (χ0n) is 13.7. The molecule has 0 radical (unpaired) electrons. The van der Waals surface area contributed by atoms with Gasteiger partial charge in [-0.15, -0.1) is 0 Å². The number of rotatable bonds is 4. The Hall–Kier alpha value is -3.13. The number of primary amides is 1. The maximum Gasteiger partial charge on any atom is 0.240 e. The normalized spacial score (nSPS) is 19.8. The van der Waals surface area contributed by atoms with Crippen molar-refractivity contribution >= 4 is 22.6 Å². The zero-order valence-corrected chi connectivity index (χ0v) is 13.7. The number of anilines is 1. The molecule has 2 aromatic heterocycles. The molecule has 0 unspecified atom stereocenters. The average molecular weight is 356 g/mol. The summed E-state index contributed by atoms with van der Waals surface area (Å²) in [6.07, 6.45) is 2.86. The van der Waals surface area contributed by atoms with Gasteiger partial charge >= 0.3 is 0 Å². The molecule has 1 aliphatic heterocycles. The van der Waals surface area contributed by atoms with Gasteiger partial charge < -0.3 is 25.5 Å². The molecule has 0 aliphatic carbocycles. The van der Waals surface area contributed by atoms with Gasteiger partial charge in [0.15, 0.2) is 11.6 Å². The van der Waals surface area contributed by atoms with E-state index in [1.807, 2.05) is 0 Å². The smallest absolute Gasteiger partial charge is 0.240 e. The van der Waals surface area contributed by atoms with Gasteiger partial charge in [-0.05, 0) is 24.3 Å². The summed E-state index contributed by atoms with van der Waals surface area (Å²) in [5.41, 5.74) is 6.50. The van der Waals surface area contributed by atoms with Gasteiger partial charge in [-0.3, -0.25) is 4.79 Å². The maximum absolute atomic E-state index is 14.6. The first-order valence-corrected chi connectivity index (χ1v) is 8.16. The van der Waals surface area contributed by atoms with Crippen LogP contribution in [0.1, 0.15) is 6.42 Å². The van der Waals surface area contributed by atoms with Crippen molar-refractivity contribution in [3.05, 3.63) is 48.5 Å². The molecule has 2 atom stereocenters. The summed E-state index contributed by atoms with van der Waals surface area (Å²) in [7, 11) is 0. The lowest BCUT2D eigenvalue weighted by Crippen LogP contribution is -2.40. The van der Waals surface area contributed by atoms with Gasteiger partial charge in [-0.2, -0.15) is 0 Å². The number of nitrogens with two attached hydrogens (primary N) is 1. The van der Waals surface area contributed by atoms with Gasteiger partial charge in [0.2, 0.25) is 5.91 Å². The van der Waals surface area contributed by atoms with Gasteiger partial charge in [0.25, 0.3) is 0 Å². The average Bonchev–Trinajstić information content (AvgIpc) is 3.23. The second-order valence-corrected chi connectivity index (χ2v) is 6.23. The molecule has 1 aliphatic rings. The first-order chi connectivity index (χ1) is 12.5.